The normalized spacial score (nSPS) is 14.4. The number of ketones is 2. The van der Waals surface area contributed by atoms with Gasteiger partial charge in [-0.05, 0) is 26.2 Å². The van der Waals surface area contributed by atoms with Crippen LogP contribution in [0, 0.1) is 0 Å². The van der Waals surface area contributed by atoms with E-state index >= 15 is 0 Å². The minimum atomic E-state index is -0.257. The van der Waals surface area contributed by atoms with Crippen molar-refractivity contribution in [1.82, 2.24) is 0 Å². The second kappa shape index (κ2) is 14.5. The second-order valence-corrected chi connectivity index (χ2v) is 6.13. The van der Waals surface area contributed by atoms with Gasteiger partial charge in [-0.25, -0.2) is 0 Å². The van der Waals surface area contributed by atoms with Gasteiger partial charge in [0.15, 0.2) is 0 Å². The van der Waals surface area contributed by atoms with Crippen molar-refractivity contribution < 1.29 is 24.2 Å². The Kier molecular flexibility index (Phi) is 13.6. The predicted molar refractivity (Wildman–Crippen MR) is 104 cm³/mol. The molecule has 5 heteroatoms. The van der Waals surface area contributed by atoms with Crippen molar-refractivity contribution in [1.29, 1.82) is 0 Å². The number of ether oxygens (including phenoxy) is 2. The zero-order valence-corrected chi connectivity index (χ0v) is 17.2. The first kappa shape index (κ1) is 24.4. The number of unbranched alkanes of at least 4 members (excludes halogenated alkanes) is 7. The maximum Gasteiger partial charge on any atom is 0.228 e. The molecule has 0 atom stereocenters. The van der Waals surface area contributed by atoms with Gasteiger partial charge in [-0.3, -0.25) is 9.59 Å². The fraction of sp³-hybridized carbons (Fsp3) is 0.714. The van der Waals surface area contributed by atoms with Gasteiger partial charge in [0.2, 0.25) is 23.1 Å². The van der Waals surface area contributed by atoms with E-state index in [0.717, 1.165) is 32.1 Å². The molecule has 1 aliphatic rings. The van der Waals surface area contributed by atoms with E-state index in [-0.39, 0.29) is 29.7 Å². The molecule has 0 aromatic heterocycles. The molecule has 0 aromatic rings. The van der Waals surface area contributed by atoms with Crippen LogP contribution in [0.5, 0.6) is 0 Å². The Hall–Kier alpha value is -1.62. The predicted octanol–water partition coefficient (Wildman–Crippen LogP) is 4.49. The van der Waals surface area contributed by atoms with Gasteiger partial charge in [-0.1, -0.05) is 52.4 Å². The van der Waals surface area contributed by atoms with Crippen LogP contribution >= 0.6 is 0 Å². The van der Waals surface area contributed by atoms with Gasteiger partial charge in [0.1, 0.15) is 0 Å². The Balaban J connectivity index is 0.00000301. The number of Topliss-reactive ketones (excluding diaryl/α,β-unsaturated/α-hetero) is 2. The van der Waals surface area contributed by atoms with E-state index in [1.807, 2.05) is 13.8 Å². The summed E-state index contributed by atoms with van der Waals surface area (Å²) in [6, 6.07) is 0. The molecular weight excluding hydrogens is 332 g/mol. The van der Waals surface area contributed by atoms with Crippen LogP contribution < -0.4 is 0 Å². The molecule has 0 fully saturated rings. The fourth-order valence-corrected chi connectivity index (χ4v) is 2.97. The Morgan fingerprint density at radius 2 is 1.15 bits per heavy atom. The number of allylic oxidation sites excluding steroid dienone is 2. The molecule has 0 heterocycles. The summed E-state index contributed by atoms with van der Waals surface area (Å²) in [5.74, 6) is -0.457. The van der Waals surface area contributed by atoms with Gasteiger partial charge in [-0.2, -0.15) is 0 Å². The van der Waals surface area contributed by atoms with Crippen molar-refractivity contribution in [2.24, 2.45) is 0 Å². The van der Waals surface area contributed by atoms with E-state index < -0.39 is 0 Å². The lowest BCUT2D eigenvalue weighted by molar-refractivity contribution is -0.121. The molecular formula is C21H36O5. The summed E-state index contributed by atoms with van der Waals surface area (Å²) in [5, 5.41) is 8.72. The number of hydrogen-bond acceptors (Lipinski definition) is 5. The average molecular weight is 369 g/mol. The Morgan fingerprint density at radius 3 is 1.62 bits per heavy atom. The third-order valence-corrected chi connectivity index (χ3v) is 4.43. The summed E-state index contributed by atoms with van der Waals surface area (Å²) in [6.07, 6.45) is 9.17. The Bertz CT molecular complexity index is 503. The molecule has 0 bridgehead atoms. The number of aliphatic hydroxyl groups excluding tert-OH is 1. The van der Waals surface area contributed by atoms with Crippen LogP contribution in [0.3, 0.4) is 0 Å². The topological polar surface area (TPSA) is 72.8 Å². The number of rotatable bonds is 12. The SMILES string of the molecule is CC.COC1=C(OC)C(=O)C(CCCCCCCCCCO)=C(C)C1=O. The number of aliphatic hydroxyl groups is 1. The quantitative estimate of drug-likeness (QED) is 0.406. The molecule has 0 amide bonds. The van der Waals surface area contributed by atoms with Crippen LogP contribution in [0.2, 0.25) is 0 Å². The summed E-state index contributed by atoms with van der Waals surface area (Å²) in [5.41, 5.74) is 1.03. The van der Waals surface area contributed by atoms with Gasteiger partial charge >= 0.3 is 0 Å². The molecule has 150 valence electrons. The Labute approximate surface area is 158 Å². The van der Waals surface area contributed by atoms with E-state index in [9.17, 15) is 9.59 Å². The van der Waals surface area contributed by atoms with Crippen LogP contribution in [0.25, 0.3) is 0 Å². The van der Waals surface area contributed by atoms with Crippen LogP contribution in [-0.2, 0) is 19.1 Å². The van der Waals surface area contributed by atoms with Crippen LogP contribution in [0.1, 0.15) is 78.6 Å². The number of carbonyl (C=O) groups excluding carboxylic acids is 2. The highest BCUT2D eigenvalue weighted by atomic mass is 16.5. The number of methoxy groups -OCH3 is 2. The van der Waals surface area contributed by atoms with Gasteiger partial charge in [0.25, 0.3) is 0 Å². The maximum absolute atomic E-state index is 12.5. The fourth-order valence-electron chi connectivity index (χ4n) is 2.97. The van der Waals surface area contributed by atoms with E-state index in [1.165, 1.54) is 33.5 Å². The van der Waals surface area contributed by atoms with Crippen molar-refractivity contribution >= 4 is 11.6 Å². The molecule has 1 rings (SSSR count). The van der Waals surface area contributed by atoms with Gasteiger partial charge in [0.05, 0.1) is 14.2 Å². The minimum absolute atomic E-state index is 0.00614. The highest BCUT2D eigenvalue weighted by molar-refractivity contribution is 6.23. The lowest BCUT2D eigenvalue weighted by Crippen LogP contribution is -2.25. The summed E-state index contributed by atoms with van der Waals surface area (Å²) in [7, 11) is 2.76. The van der Waals surface area contributed by atoms with Crippen LogP contribution in [0.15, 0.2) is 22.7 Å². The zero-order valence-electron chi connectivity index (χ0n) is 17.2. The molecule has 1 N–H and O–H groups in total. The molecule has 0 aliphatic heterocycles. The van der Waals surface area contributed by atoms with Crippen molar-refractivity contribution in [2.45, 2.75) is 78.6 Å². The lowest BCUT2D eigenvalue weighted by atomic mass is 9.89. The van der Waals surface area contributed by atoms with Crippen molar-refractivity contribution in [3.63, 3.8) is 0 Å². The largest absolute Gasteiger partial charge is 0.489 e. The third kappa shape index (κ3) is 7.32. The first-order chi connectivity index (χ1) is 12.6. The molecule has 0 saturated carbocycles. The summed E-state index contributed by atoms with van der Waals surface area (Å²) < 4.78 is 10.1. The van der Waals surface area contributed by atoms with Crippen LogP contribution in [0.4, 0.5) is 0 Å². The van der Waals surface area contributed by atoms with Gasteiger partial charge in [-0.15, -0.1) is 0 Å². The zero-order chi connectivity index (χ0) is 19.9. The minimum Gasteiger partial charge on any atom is -0.489 e. The van der Waals surface area contributed by atoms with E-state index in [2.05, 4.69) is 0 Å². The summed E-state index contributed by atoms with van der Waals surface area (Å²) in [4.78, 5) is 24.7. The molecule has 26 heavy (non-hydrogen) atoms. The second-order valence-electron chi connectivity index (χ2n) is 6.13. The monoisotopic (exact) mass is 368 g/mol. The maximum atomic E-state index is 12.5. The van der Waals surface area contributed by atoms with E-state index in [0.29, 0.717) is 17.6 Å². The molecule has 0 unspecified atom stereocenters. The lowest BCUT2D eigenvalue weighted by Gasteiger charge is -2.20. The number of hydrogen-bond donors (Lipinski definition) is 1. The summed E-state index contributed by atoms with van der Waals surface area (Å²) in [6.45, 7) is 5.96. The molecule has 0 spiro atoms. The molecule has 0 saturated heterocycles. The van der Waals surface area contributed by atoms with Crippen molar-refractivity contribution in [2.75, 3.05) is 20.8 Å². The highest BCUT2D eigenvalue weighted by Crippen LogP contribution is 2.28. The van der Waals surface area contributed by atoms with Crippen LogP contribution in [-0.4, -0.2) is 37.5 Å². The molecule has 0 aromatic carbocycles. The third-order valence-electron chi connectivity index (χ3n) is 4.43. The molecule has 0 radical (unpaired) electrons. The summed E-state index contributed by atoms with van der Waals surface area (Å²) >= 11 is 0. The Morgan fingerprint density at radius 1 is 0.731 bits per heavy atom. The number of carbonyl (C=O) groups is 2. The van der Waals surface area contributed by atoms with Gasteiger partial charge < -0.3 is 14.6 Å². The van der Waals surface area contributed by atoms with E-state index in [4.69, 9.17) is 14.6 Å². The van der Waals surface area contributed by atoms with Crippen molar-refractivity contribution in [3.05, 3.63) is 22.7 Å². The van der Waals surface area contributed by atoms with Crippen molar-refractivity contribution in [3.8, 4) is 0 Å². The smallest absolute Gasteiger partial charge is 0.228 e. The standard InChI is InChI=1S/C19H30O5.C2H6/c1-14-15(12-10-8-6-4-5-7-9-11-13-20)17(22)19(24-3)18(23-2)16(14)21;1-2/h20H,4-13H2,1-3H3;1-2H3. The van der Waals surface area contributed by atoms with E-state index in [1.54, 1.807) is 6.92 Å². The average Bonchev–Trinajstić information content (AvgIpc) is 2.67. The van der Waals surface area contributed by atoms with Gasteiger partial charge in [0, 0.05) is 17.8 Å². The molecule has 5 nitrogen and oxygen atoms in total. The first-order valence-corrected chi connectivity index (χ1v) is 9.80. The molecule has 1 aliphatic carbocycles. The first-order valence-electron chi connectivity index (χ1n) is 9.80. The highest BCUT2D eigenvalue weighted by Gasteiger charge is 2.34.